The van der Waals surface area contributed by atoms with E-state index in [9.17, 15) is 0 Å². The Kier molecular flexibility index (Phi) is 5.53. The van der Waals surface area contributed by atoms with E-state index in [0.717, 1.165) is 39.2 Å². The number of methoxy groups -OCH3 is 1. The first kappa shape index (κ1) is 12.9. The summed E-state index contributed by atoms with van der Waals surface area (Å²) >= 11 is 0. The summed E-state index contributed by atoms with van der Waals surface area (Å²) < 4.78 is 5.07. The molecule has 4 heteroatoms. The molecule has 0 saturated heterocycles. The van der Waals surface area contributed by atoms with Crippen LogP contribution in [0.1, 0.15) is 19.3 Å². The Hall–Kier alpha value is -0.160. The third-order valence-electron chi connectivity index (χ3n) is 3.22. The first-order valence-electron chi connectivity index (χ1n) is 5.78. The second kappa shape index (κ2) is 6.43. The third kappa shape index (κ3) is 4.47. The second-order valence-electron chi connectivity index (χ2n) is 4.53. The minimum atomic E-state index is 0.225. The minimum Gasteiger partial charge on any atom is -0.395 e. The van der Waals surface area contributed by atoms with Crippen LogP contribution in [0.4, 0.5) is 0 Å². The Bertz CT molecular complexity index is 172. The lowest BCUT2D eigenvalue weighted by molar-refractivity contribution is 0.114. The molecule has 0 aliphatic heterocycles. The predicted molar refractivity (Wildman–Crippen MR) is 60.7 cm³/mol. The Morgan fingerprint density at radius 3 is 2.60 bits per heavy atom. The number of aliphatic hydroxyl groups is 1. The summed E-state index contributed by atoms with van der Waals surface area (Å²) in [6.45, 7) is 4.45. The summed E-state index contributed by atoms with van der Waals surface area (Å²) in [5, 5.41) is 8.98. The molecule has 0 bridgehead atoms. The van der Waals surface area contributed by atoms with Gasteiger partial charge >= 0.3 is 0 Å². The van der Waals surface area contributed by atoms with Crippen molar-refractivity contribution in [3.8, 4) is 0 Å². The molecular formula is C11H24N2O2. The molecule has 1 aliphatic rings. The molecule has 1 saturated carbocycles. The van der Waals surface area contributed by atoms with Crippen molar-refractivity contribution in [3.05, 3.63) is 0 Å². The molecule has 0 spiro atoms. The van der Waals surface area contributed by atoms with E-state index in [4.69, 9.17) is 15.6 Å². The zero-order valence-electron chi connectivity index (χ0n) is 9.74. The Morgan fingerprint density at radius 1 is 1.40 bits per heavy atom. The fraction of sp³-hybridized carbons (Fsp3) is 1.00. The van der Waals surface area contributed by atoms with E-state index in [0.29, 0.717) is 5.41 Å². The van der Waals surface area contributed by atoms with Crippen LogP contribution in [0.15, 0.2) is 0 Å². The van der Waals surface area contributed by atoms with Gasteiger partial charge in [-0.25, -0.2) is 0 Å². The van der Waals surface area contributed by atoms with Crippen LogP contribution in [-0.4, -0.2) is 56.5 Å². The highest BCUT2D eigenvalue weighted by Gasteiger charge is 2.42. The number of ether oxygens (including phenoxy) is 1. The summed E-state index contributed by atoms with van der Waals surface area (Å²) in [5.41, 5.74) is 6.07. The molecule has 1 aliphatic carbocycles. The van der Waals surface area contributed by atoms with Gasteiger partial charge in [0.2, 0.25) is 0 Å². The van der Waals surface area contributed by atoms with Crippen molar-refractivity contribution in [2.24, 2.45) is 11.1 Å². The molecule has 0 aromatic carbocycles. The van der Waals surface area contributed by atoms with E-state index in [1.165, 1.54) is 12.8 Å². The maximum absolute atomic E-state index is 8.98. The number of nitrogens with zero attached hydrogens (tertiary/aromatic N) is 1. The Morgan fingerprint density at radius 2 is 2.13 bits per heavy atom. The maximum atomic E-state index is 8.98. The summed E-state index contributed by atoms with van der Waals surface area (Å²) in [6, 6.07) is 0. The van der Waals surface area contributed by atoms with Crippen LogP contribution >= 0.6 is 0 Å². The van der Waals surface area contributed by atoms with Crippen molar-refractivity contribution in [1.82, 2.24) is 4.90 Å². The zero-order chi connectivity index (χ0) is 11.1. The normalized spacial score (nSPS) is 18.4. The molecule has 0 heterocycles. The predicted octanol–water partition coefficient (Wildman–Crippen LogP) is 0.0561. The molecule has 3 N–H and O–H groups in total. The van der Waals surface area contributed by atoms with Crippen molar-refractivity contribution in [3.63, 3.8) is 0 Å². The van der Waals surface area contributed by atoms with Crippen LogP contribution in [0.2, 0.25) is 0 Å². The largest absolute Gasteiger partial charge is 0.395 e. The fourth-order valence-corrected chi connectivity index (χ4v) is 2.08. The molecule has 4 nitrogen and oxygen atoms in total. The lowest BCUT2D eigenvalue weighted by Crippen LogP contribution is -2.36. The molecule has 0 aromatic heterocycles. The summed E-state index contributed by atoms with van der Waals surface area (Å²) in [7, 11) is 1.71. The van der Waals surface area contributed by atoms with E-state index >= 15 is 0 Å². The van der Waals surface area contributed by atoms with Crippen molar-refractivity contribution >= 4 is 0 Å². The van der Waals surface area contributed by atoms with Crippen LogP contribution in [0, 0.1) is 5.41 Å². The highest BCUT2D eigenvalue weighted by Crippen LogP contribution is 2.48. The molecule has 90 valence electrons. The van der Waals surface area contributed by atoms with Crippen LogP contribution < -0.4 is 5.73 Å². The van der Waals surface area contributed by atoms with Crippen molar-refractivity contribution < 1.29 is 9.84 Å². The minimum absolute atomic E-state index is 0.225. The van der Waals surface area contributed by atoms with Gasteiger partial charge in [0, 0.05) is 26.7 Å². The first-order valence-corrected chi connectivity index (χ1v) is 5.78. The smallest absolute Gasteiger partial charge is 0.0589 e. The van der Waals surface area contributed by atoms with Crippen molar-refractivity contribution in [2.75, 3.05) is 46.5 Å². The third-order valence-corrected chi connectivity index (χ3v) is 3.22. The average molecular weight is 216 g/mol. The van der Waals surface area contributed by atoms with Gasteiger partial charge in [0.1, 0.15) is 0 Å². The number of hydrogen-bond acceptors (Lipinski definition) is 4. The SMILES string of the molecule is COCCN(CCO)CC1(CCN)CC1. The lowest BCUT2D eigenvalue weighted by Gasteiger charge is -2.26. The molecule has 0 aromatic rings. The molecule has 0 radical (unpaired) electrons. The topological polar surface area (TPSA) is 58.7 Å². The number of nitrogens with two attached hydrogens (primary N) is 1. The quantitative estimate of drug-likeness (QED) is 0.572. The molecule has 0 amide bonds. The highest BCUT2D eigenvalue weighted by atomic mass is 16.5. The summed E-state index contributed by atoms with van der Waals surface area (Å²) in [6.07, 6.45) is 3.69. The van der Waals surface area contributed by atoms with Gasteiger partial charge in [0.25, 0.3) is 0 Å². The lowest BCUT2D eigenvalue weighted by atomic mass is 10.0. The van der Waals surface area contributed by atoms with Gasteiger partial charge in [-0.15, -0.1) is 0 Å². The van der Waals surface area contributed by atoms with Crippen LogP contribution in [-0.2, 0) is 4.74 Å². The summed E-state index contributed by atoms with van der Waals surface area (Å²) in [4.78, 5) is 2.28. The van der Waals surface area contributed by atoms with Gasteiger partial charge < -0.3 is 15.6 Å². The van der Waals surface area contributed by atoms with Crippen LogP contribution in [0.3, 0.4) is 0 Å². The second-order valence-corrected chi connectivity index (χ2v) is 4.53. The van der Waals surface area contributed by atoms with Gasteiger partial charge in [-0.2, -0.15) is 0 Å². The van der Waals surface area contributed by atoms with Crippen molar-refractivity contribution in [1.29, 1.82) is 0 Å². The first-order chi connectivity index (χ1) is 7.26. The number of rotatable bonds is 9. The van der Waals surface area contributed by atoms with Gasteiger partial charge in [0.15, 0.2) is 0 Å². The standard InChI is InChI=1S/C11H24N2O2/c1-15-9-7-13(6-8-14)10-11(2-3-11)4-5-12/h14H,2-10,12H2,1H3. The zero-order valence-corrected chi connectivity index (χ0v) is 9.74. The van der Waals surface area contributed by atoms with Crippen LogP contribution in [0.25, 0.3) is 0 Å². The Balaban J connectivity index is 2.29. The molecule has 0 atom stereocenters. The van der Waals surface area contributed by atoms with Gasteiger partial charge in [-0.05, 0) is 31.2 Å². The van der Waals surface area contributed by atoms with E-state index in [-0.39, 0.29) is 6.61 Å². The number of aliphatic hydroxyl groups excluding tert-OH is 1. The Labute approximate surface area is 92.4 Å². The molecule has 1 fully saturated rings. The monoisotopic (exact) mass is 216 g/mol. The summed E-state index contributed by atoms with van der Waals surface area (Å²) in [5.74, 6) is 0. The molecule has 0 unspecified atom stereocenters. The van der Waals surface area contributed by atoms with E-state index in [2.05, 4.69) is 4.90 Å². The molecule has 1 rings (SSSR count). The maximum Gasteiger partial charge on any atom is 0.0589 e. The van der Waals surface area contributed by atoms with E-state index < -0.39 is 0 Å². The van der Waals surface area contributed by atoms with Crippen LogP contribution in [0.5, 0.6) is 0 Å². The highest BCUT2D eigenvalue weighted by molar-refractivity contribution is 4.95. The number of hydrogen-bond donors (Lipinski definition) is 2. The van der Waals surface area contributed by atoms with Gasteiger partial charge in [0.05, 0.1) is 13.2 Å². The van der Waals surface area contributed by atoms with Gasteiger partial charge in [-0.3, -0.25) is 4.90 Å². The van der Waals surface area contributed by atoms with Crippen molar-refractivity contribution in [2.45, 2.75) is 19.3 Å². The molecule has 15 heavy (non-hydrogen) atoms. The average Bonchev–Trinajstić information content (AvgIpc) is 2.95. The van der Waals surface area contributed by atoms with E-state index in [1.54, 1.807) is 7.11 Å². The fourth-order valence-electron chi connectivity index (χ4n) is 2.08. The van der Waals surface area contributed by atoms with Gasteiger partial charge in [-0.1, -0.05) is 0 Å². The molecular weight excluding hydrogens is 192 g/mol. The van der Waals surface area contributed by atoms with E-state index in [1.807, 2.05) is 0 Å².